The fourth-order valence-corrected chi connectivity index (χ4v) is 3.89. The van der Waals surface area contributed by atoms with E-state index >= 15 is 0 Å². The first-order valence-electron chi connectivity index (χ1n) is 8.15. The van der Waals surface area contributed by atoms with Crippen molar-refractivity contribution in [2.24, 2.45) is 0 Å². The number of anilines is 1. The van der Waals surface area contributed by atoms with Crippen molar-refractivity contribution in [3.05, 3.63) is 45.6 Å². The van der Waals surface area contributed by atoms with E-state index in [9.17, 15) is 10.2 Å². The van der Waals surface area contributed by atoms with E-state index in [1.165, 1.54) is 0 Å². The molecule has 1 fully saturated rings. The number of aliphatic hydroxyl groups is 2. The highest BCUT2D eigenvalue weighted by Crippen LogP contribution is 2.42. The molecule has 1 aliphatic heterocycles. The number of nitrogen functional groups attached to an aromatic ring is 1. The highest BCUT2D eigenvalue weighted by atomic mass is 127. The quantitative estimate of drug-likeness (QED) is 0.391. The van der Waals surface area contributed by atoms with Gasteiger partial charge in [0.25, 0.3) is 0 Å². The third-order valence-corrected chi connectivity index (χ3v) is 5.21. The Labute approximate surface area is 163 Å². The first-order chi connectivity index (χ1) is 12.4. The Hall–Kier alpha value is -1.82. The van der Waals surface area contributed by atoms with E-state index in [1.807, 2.05) is 53.8 Å². The van der Waals surface area contributed by atoms with Crippen LogP contribution in [-0.4, -0.2) is 48.5 Å². The van der Waals surface area contributed by atoms with Gasteiger partial charge in [0.05, 0.1) is 19.0 Å². The molecular weight excluding hydrogens is 449 g/mol. The normalized spacial score (nSPS) is 25.8. The minimum Gasteiger partial charge on any atom is -0.394 e. The fraction of sp³-hybridized carbons (Fsp3) is 0.353. The lowest BCUT2D eigenvalue weighted by molar-refractivity contribution is -0.0898. The lowest BCUT2D eigenvalue weighted by Gasteiger charge is -2.31. The molecule has 0 radical (unpaired) electrons. The van der Waals surface area contributed by atoms with Crippen molar-refractivity contribution in [2.75, 3.05) is 12.3 Å². The standard InChI is InChI=1S/C17H18IN5O3/c1-9-2-4-10(5-3-9)17(6-11(25)12(7-24)26-17)23-8-20-13-14(19)21-16(18)22-15(13)23/h2-5,8,11-12,24-25H,6-7H2,1H3,(H2,19,21,22)/t11-,12+,17?/m0/s1. The van der Waals surface area contributed by atoms with Crippen LogP contribution < -0.4 is 5.73 Å². The van der Waals surface area contributed by atoms with Gasteiger partial charge < -0.3 is 20.7 Å². The van der Waals surface area contributed by atoms with E-state index in [1.54, 1.807) is 10.9 Å². The van der Waals surface area contributed by atoms with Crippen LogP contribution in [0.15, 0.2) is 30.6 Å². The SMILES string of the molecule is Cc1ccc(C2(n3cnc4c(N)nc(I)nc43)C[C@H](O)[C@@H](CO)O2)cc1. The summed E-state index contributed by atoms with van der Waals surface area (Å²) in [6.45, 7) is 1.72. The van der Waals surface area contributed by atoms with E-state index in [2.05, 4.69) is 15.0 Å². The third kappa shape index (κ3) is 2.66. The lowest BCUT2D eigenvalue weighted by Crippen LogP contribution is -2.35. The van der Waals surface area contributed by atoms with E-state index in [-0.39, 0.29) is 18.8 Å². The van der Waals surface area contributed by atoms with Crippen LogP contribution in [-0.2, 0) is 10.5 Å². The highest BCUT2D eigenvalue weighted by molar-refractivity contribution is 14.1. The summed E-state index contributed by atoms with van der Waals surface area (Å²) >= 11 is 2.00. The number of fused-ring (bicyclic) bond motifs is 1. The minimum absolute atomic E-state index is 0.257. The molecule has 136 valence electrons. The van der Waals surface area contributed by atoms with Gasteiger partial charge in [0.1, 0.15) is 11.6 Å². The molecule has 3 atom stereocenters. The number of aliphatic hydroxyl groups excluding tert-OH is 2. The first kappa shape index (κ1) is 17.6. The predicted molar refractivity (Wildman–Crippen MR) is 103 cm³/mol. The Morgan fingerprint density at radius 3 is 2.73 bits per heavy atom. The van der Waals surface area contributed by atoms with Crippen LogP contribution in [0.5, 0.6) is 0 Å². The largest absolute Gasteiger partial charge is 0.394 e. The van der Waals surface area contributed by atoms with E-state index < -0.39 is 17.9 Å². The van der Waals surface area contributed by atoms with Crippen molar-refractivity contribution < 1.29 is 14.9 Å². The van der Waals surface area contributed by atoms with Gasteiger partial charge in [-0.1, -0.05) is 29.8 Å². The van der Waals surface area contributed by atoms with Crippen molar-refractivity contribution >= 4 is 39.6 Å². The molecule has 1 aliphatic rings. The van der Waals surface area contributed by atoms with Crippen LogP contribution in [0.1, 0.15) is 17.5 Å². The molecular formula is C17H18IN5O3. The number of rotatable bonds is 3. The Kier molecular flexibility index (Phi) is 4.34. The summed E-state index contributed by atoms with van der Waals surface area (Å²) in [5.41, 5.74) is 7.89. The molecule has 4 rings (SSSR count). The van der Waals surface area contributed by atoms with Gasteiger partial charge in [-0.25, -0.2) is 15.0 Å². The average molecular weight is 467 g/mol. The molecule has 26 heavy (non-hydrogen) atoms. The zero-order valence-electron chi connectivity index (χ0n) is 14.0. The van der Waals surface area contributed by atoms with Gasteiger partial charge in [-0.3, -0.25) is 4.57 Å². The molecule has 0 aliphatic carbocycles. The Bertz CT molecular complexity index is 961. The number of hydrogen-bond acceptors (Lipinski definition) is 7. The number of nitrogens with zero attached hydrogens (tertiary/aromatic N) is 4. The van der Waals surface area contributed by atoms with Crippen molar-refractivity contribution in [1.29, 1.82) is 0 Å². The lowest BCUT2D eigenvalue weighted by atomic mass is 9.96. The van der Waals surface area contributed by atoms with Gasteiger partial charge in [0.2, 0.25) is 0 Å². The van der Waals surface area contributed by atoms with Crippen LogP contribution in [0.25, 0.3) is 11.2 Å². The summed E-state index contributed by atoms with van der Waals surface area (Å²) in [5, 5.41) is 20.0. The maximum absolute atomic E-state index is 10.4. The maximum Gasteiger partial charge on any atom is 0.194 e. The van der Waals surface area contributed by atoms with Crippen molar-refractivity contribution in [1.82, 2.24) is 19.5 Å². The molecule has 3 heterocycles. The van der Waals surface area contributed by atoms with Crippen molar-refractivity contribution in [3.8, 4) is 0 Å². The smallest absolute Gasteiger partial charge is 0.194 e. The van der Waals surface area contributed by atoms with Crippen LogP contribution in [0, 0.1) is 10.8 Å². The molecule has 0 bridgehead atoms. The molecule has 2 aromatic heterocycles. The van der Waals surface area contributed by atoms with Crippen LogP contribution >= 0.6 is 22.6 Å². The molecule has 4 N–H and O–H groups in total. The summed E-state index contributed by atoms with van der Waals surface area (Å²) < 4.78 is 8.45. The second-order valence-corrected chi connectivity index (χ2v) is 7.39. The molecule has 1 aromatic carbocycles. The number of ether oxygens (including phenoxy) is 1. The van der Waals surface area contributed by atoms with Crippen molar-refractivity contribution in [2.45, 2.75) is 31.3 Å². The number of imidazole rings is 1. The highest BCUT2D eigenvalue weighted by Gasteiger charge is 2.49. The summed E-state index contributed by atoms with van der Waals surface area (Å²) in [5.74, 6) is 0.287. The zero-order valence-corrected chi connectivity index (χ0v) is 16.2. The van der Waals surface area contributed by atoms with Crippen LogP contribution in [0.3, 0.4) is 0 Å². The minimum atomic E-state index is -1.04. The van der Waals surface area contributed by atoms with Crippen LogP contribution in [0.4, 0.5) is 5.82 Å². The van der Waals surface area contributed by atoms with Gasteiger partial charge in [-0.15, -0.1) is 0 Å². The number of benzene rings is 1. The third-order valence-electron chi connectivity index (χ3n) is 4.73. The number of aryl methyl sites for hydroxylation is 1. The zero-order chi connectivity index (χ0) is 18.5. The van der Waals surface area contributed by atoms with Gasteiger partial charge in [0.15, 0.2) is 21.0 Å². The summed E-state index contributed by atoms with van der Waals surface area (Å²) in [6.07, 6.45) is 0.328. The van der Waals surface area contributed by atoms with Crippen molar-refractivity contribution in [3.63, 3.8) is 0 Å². The number of nitrogens with two attached hydrogens (primary N) is 1. The number of aromatic nitrogens is 4. The van der Waals surface area contributed by atoms with Gasteiger partial charge >= 0.3 is 0 Å². The van der Waals surface area contributed by atoms with E-state index in [0.29, 0.717) is 15.0 Å². The summed E-state index contributed by atoms with van der Waals surface area (Å²) in [6, 6.07) is 7.85. The van der Waals surface area contributed by atoms with Gasteiger partial charge in [-0.2, -0.15) is 0 Å². The predicted octanol–water partition coefficient (Wildman–Crippen LogP) is 1.16. The summed E-state index contributed by atoms with van der Waals surface area (Å²) in [4.78, 5) is 13.0. The molecule has 0 saturated carbocycles. The Morgan fingerprint density at radius 1 is 1.35 bits per heavy atom. The fourth-order valence-electron chi connectivity index (χ4n) is 3.40. The van der Waals surface area contributed by atoms with E-state index in [0.717, 1.165) is 11.1 Å². The maximum atomic E-state index is 10.4. The monoisotopic (exact) mass is 467 g/mol. The average Bonchev–Trinajstić information content (AvgIpc) is 3.17. The topological polar surface area (TPSA) is 119 Å². The second-order valence-electron chi connectivity index (χ2n) is 6.43. The molecule has 1 unspecified atom stereocenters. The van der Waals surface area contributed by atoms with Gasteiger partial charge in [0, 0.05) is 34.6 Å². The molecule has 9 heteroatoms. The van der Waals surface area contributed by atoms with Gasteiger partial charge in [-0.05, 0) is 6.92 Å². The molecule has 3 aromatic rings. The Morgan fingerprint density at radius 2 is 2.08 bits per heavy atom. The van der Waals surface area contributed by atoms with Crippen LogP contribution in [0.2, 0.25) is 0 Å². The number of halogens is 1. The van der Waals surface area contributed by atoms with E-state index in [4.69, 9.17) is 10.5 Å². The molecule has 1 saturated heterocycles. The summed E-state index contributed by atoms with van der Waals surface area (Å²) in [7, 11) is 0. The molecule has 8 nitrogen and oxygen atoms in total. The first-order valence-corrected chi connectivity index (χ1v) is 9.23. The molecule has 0 spiro atoms. The molecule has 0 amide bonds. The number of hydrogen-bond donors (Lipinski definition) is 3. The second kappa shape index (κ2) is 6.41. The Balaban J connectivity index is 1.97.